The standard InChI is InChI=1S/C8H10O2/c1-2-3-4-7-5-6-8(9)10-7/h4-6H,2-3H2,1H3. The maximum Gasteiger partial charge on any atom is 0.336 e. The first-order chi connectivity index (χ1) is 4.83. The topological polar surface area (TPSA) is 26.3 Å². The number of ether oxygens (including phenoxy) is 1. The van der Waals surface area contributed by atoms with Gasteiger partial charge < -0.3 is 4.74 Å². The molecule has 1 aliphatic rings. The van der Waals surface area contributed by atoms with Crippen LogP contribution in [0.3, 0.4) is 0 Å². The number of carbonyl (C=O) groups is 1. The molecule has 0 aromatic rings. The number of hydrogen-bond donors (Lipinski definition) is 0. The Bertz CT molecular complexity index is 189. The summed E-state index contributed by atoms with van der Waals surface area (Å²) >= 11 is 0. The molecule has 1 heterocycles. The molecular weight excluding hydrogens is 128 g/mol. The van der Waals surface area contributed by atoms with E-state index in [4.69, 9.17) is 4.74 Å². The number of esters is 1. The molecular formula is C8H10O2. The van der Waals surface area contributed by atoms with Gasteiger partial charge in [0.1, 0.15) is 5.76 Å². The zero-order chi connectivity index (χ0) is 7.40. The van der Waals surface area contributed by atoms with Gasteiger partial charge in [0.2, 0.25) is 0 Å². The fourth-order valence-corrected chi connectivity index (χ4v) is 0.731. The molecule has 0 aliphatic carbocycles. The Morgan fingerprint density at radius 3 is 2.90 bits per heavy atom. The summed E-state index contributed by atoms with van der Waals surface area (Å²) in [7, 11) is 0. The second-order valence-electron chi connectivity index (χ2n) is 2.15. The maximum atomic E-state index is 10.5. The predicted octanol–water partition coefficient (Wildman–Crippen LogP) is 1.78. The van der Waals surface area contributed by atoms with Gasteiger partial charge in [-0.25, -0.2) is 4.79 Å². The van der Waals surface area contributed by atoms with E-state index in [-0.39, 0.29) is 5.97 Å². The van der Waals surface area contributed by atoms with E-state index >= 15 is 0 Å². The van der Waals surface area contributed by atoms with Gasteiger partial charge in [-0.3, -0.25) is 0 Å². The summed E-state index contributed by atoms with van der Waals surface area (Å²) in [5.41, 5.74) is 0. The summed E-state index contributed by atoms with van der Waals surface area (Å²) in [5.74, 6) is 0.425. The number of allylic oxidation sites excluding steroid dienone is 2. The molecule has 0 N–H and O–H groups in total. The first-order valence-corrected chi connectivity index (χ1v) is 3.43. The molecule has 0 spiro atoms. The van der Waals surface area contributed by atoms with Gasteiger partial charge in [0, 0.05) is 6.08 Å². The number of carbonyl (C=O) groups excluding carboxylic acids is 1. The van der Waals surface area contributed by atoms with Crippen molar-refractivity contribution in [2.75, 3.05) is 0 Å². The highest BCUT2D eigenvalue weighted by molar-refractivity contribution is 5.86. The molecule has 0 unspecified atom stereocenters. The molecule has 0 amide bonds. The highest BCUT2D eigenvalue weighted by Gasteiger charge is 2.07. The van der Waals surface area contributed by atoms with Crippen molar-refractivity contribution in [3.63, 3.8) is 0 Å². The van der Waals surface area contributed by atoms with Crippen molar-refractivity contribution in [3.8, 4) is 0 Å². The molecule has 0 aromatic heterocycles. The molecule has 0 saturated carbocycles. The quantitative estimate of drug-likeness (QED) is 0.544. The van der Waals surface area contributed by atoms with Crippen molar-refractivity contribution >= 4 is 5.97 Å². The Morgan fingerprint density at radius 2 is 2.40 bits per heavy atom. The molecule has 0 aromatic carbocycles. The van der Waals surface area contributed by atoms with Crippen LogP contribution >= 0.6 is 0 Å². The minimum Gasteiger partial charge on any atom is -0.424 e. The molecule has 0 fully saturated rings. The number of rotatable bonds is 2. The third-order valence-electron chi connectivity index (χ3n) is 1.24. The van der Waals surface area contributed by atoms with Gasteiger partial charge in [0.25, 0.3) is 0 Å². The van der Waals surface area contributed by atoms with Crippen LogP contribution in [0.2, 0.25) is 0 Å². The van der Waals surface area contributed by atoms with Crippen LogP contribution in [-0.4, -0.2) is 5.97 Å². The van der Waals surface area contributed by atoms with E-state index in [1.807, 2.05) is 6.08 Å². The number of hydrogen-bond acceptors (Lipinski definition) is 2. The zero-order valence-electron chi connectivity index (χ0n) is 5.96. The smallest absolute Gasteiger partial charge is 0.336 e. The first-order valence-electron chi connectivity index (χ1n) is 3.43. The monoisotopic (exact) mass is 138 g/mol. The maximum absolute atomic E-state index is 10.5. The minimum atomic E-state index is -0.262. The second kappa shape index (κ2) is 3.20. The largest absolute Gasteiger partial charge is 0.424 e. The van der Waals surface area contributed by atoms with Gasteiger partial charge >= 0.3 is 5.97 Å². The Balaban J connectivity index is 2.45. The lowest BCUT2D eigenvalue weighted by Crippen LogP contribution is -1.89. The number of cyclic esters (lactones) is 1. The average molecular weight is 138 g/mol. The lowest BCUT2D eigenvalue weighted by Gasteiger charge is -1.92. The van der Waals surface area contributed by atoms with Gasteiger partial charge in [0.15, 0.2) is 0 Å². The lowest BCUT2D eigenvalue weighted by molar-refractivity contribution is -0.132. The van der Waals surface area contributed by atoms with Crippen LogP contribution in [0, 0.1) is 0 Å². The van der Waals surface area contributed by atoms with E-state index in [1.165, 1.54) is 6.08 Å². The van der Waals surface area contributed by atoms with Gasteiger partial charge in [-0.2, -0.15) is 0 Å². The van der Waals surface area contributed by atoms with Crippen LogP contribution in [0.5, 0.6) is 0 Å². The van der Waals surface area contributed by atoms with E-state index in [0.29, 0.717) is 5.76 Å². The Kier molecular flexibility index (Phi) is 2.26. The predicted molar refractivity (Wildman–Crippen MR) is 38.2 cm³/mol. The molecule has 0 atom stereocenters. The molecule has 2 heteroatoms. The Labute approximate surface area is 60.2 Å². The molecule has 1 rings (SSSR count). The van der Waals surface area contributed by atoms with E-state index in [2.05, 4.69) is 6.92 Å². The van der Waals surface area contributed by atoms with E-state index in [0.717, 1.165) is 12.8 Å². The Morgan fingerprint density at radius 1 is 1.60 bits per heavy atom. The third-order valence-corrected chi connectivity index (χ3v) is 1.24. The Hall–Kier alpha value is -1.05. The first kappa shape index (κ1) is 7.06. The molecule has 54 valence electrons. The molecule has 0 bridgehead atoms. The summed E-state index contributed by atoms with van der Waals surface area (Å²) < 4.78 is 4.77. The second-order valence-corrected chi connectivity index (χ2v) is 2.15. The van der Waals surface area contributed by atoms with Crippen LogP contribution < -0.4 is 0 Å². The molecule has 0 radical (unpaired) electrons. The van der Waals surface area contributed by atoms with Crippen molar-refractivity contribution in [3.05, 3.63) is 24.0 Å². The summed E-state index contributed by atoms with van der Waals surface area (Å²) in [6.07, 6.45) is 7.09. The zero-order valence-corrected chi connectivity index (χ0v) is 5.96. The van der Waals surface area contributed by atoms with Gasteiger partial charge in [0.05, 0.1) is 0 Å². The summed E-state index contributed by atoms with van der Waals surface area (Å²) in [4.78, 5) is 10.5. The summed E-state index contributed by atoms with van der Waals surface area (Å²) in [5, 5.41) is 0. The normalized spacial score (nSPS) is 20.1. The fraction of sp³-hybridized carbons (Fsp3) is 0.375. The van der Waals surface area contributed by atoms with E-state index in [1.54, 1.807) is 6.08 Å². The van der Waals surface area contributed by atoms with E-state index in [9.17, 15) is 4.79 Å². The molecule has 1 aliphatic heterocycles. The third kappa shape index (κ3) is 1.72. The summed E-state index contributed by atoms with van der Waals surface area (Å²) in [6.45, 7) is 2.08. The number of unbranched alkanes of at least 4 members (excludes halogenated alkanes) is 1. The van der Waals surface area contributed by atoms with Gasteiger partial charge in [-0.1, -0.05) is 13.3 Å². The van der Waals surface area contributed by atoms with Crippen molar-refractivity contribution in [2.45, 2.75) is 19.8 Å². The van der Waals surface area contributed by atoms with E-state index < -0.39 is 0 Å². The minimum absolute atomic E-state index is 0.262. The van der Waals surface area contributed by atoms with Crippen LogP contribution in [0.25, 0.3) is 0 Å². The van der Waals surface area contributed by atoms with Crippen LogP contribution in [0.15, 0.2) is 24.0 Å². The lowest BCUT2D eigenvalue weighted by atomic mass is 10.3. The van der Waals surface area contributed by atoms with Crippen LogP contribution in [0.1, 0.15) is 19.8 Å². The fourth-order valence-electron chi connectivity index (χ4n) is 0.731. The highest BCUT2D eigenvalue weighted by Crippen LogP contribution is 2.09. The van der Waals surface area contributed by atoms with Crippen molar-refractivity contribution < 1.29 is 9.53 Å². The van der Waals surface area contributed by atoms with Crippen molar-refractivity contribution in [1.29, 1.82) is 0 Å². The van der Waals surface area contributed by atoms with Crippen molar-refractivity contribution in [1.82, 2.24) is 0 Å². The SMILES string of the molecule is CCCC=C1C=CC(=O)O1. The van der Waals surface area contributed by atoms with Gasteiger partial charge in [-0.05, 0) is 18.6 Å². The molecule has 10 heavy (non-hydrogen) atoms. The van der Waals surface area contributed by atoms with Gasteiger partial charge in [-0.15, -0.1) is 0 Å². The average Bonchev–Trinajstić information content (AvgIpc) is 2.31. The van der Waals surface area contributed by atoms with Crippen LogP contribution in [0.4, 0.5) is 0 Å². The molecule has 2 nitrogen and oxygen atoms in total. The van der Waals surface area contributed by atoms with Crippen LogP contribution in [-0.2, 0) is 9.53 Å². The van der Waals surface area contributed by atoms with Crippen molar-refractivity contribution in [2.24, 2.45) is 0 Å². The molecule has 0 saturated heterocycles. The highest BCUT2D eigenvalue weighted by atomic mass is 16.5. The summed E-state index contributed by atoms with van der Waals surface area (Å²) in [6, 6.07) is 0.